The topological polar surface area (TPSA) is 52.6 Å². The number of hydrogen-bond acceptors (Lipinski definition) is 4. The Hall–Kier alpha value is 0.710. The smallest absolute Gasteiger partial charge is 0.331 e. The highest BCUT2D eigenvalue weighted by Crippen LogP contribution is 2.92. The molecule has 0 aromatic carbocycles. The van der Waals surface area contributed by atoms with E-state index in [-0.39, 0.29) is 5.03 Å². The molecule has 0 heterocycles. The third kappa shape index (κ3) is 1.18. The van der Waals surface area contributed by atoms with Crippen LogP contribution in [0.15, 0.2) is 11.1 Å². The van der Waals surface area contributed by atoms with Crippen LogP contribution < -0.4 is 0 Å². The molecule has 0 radical (unpaired) electrons. The summed E-state index contributed by atoms with van der Waals surface area (Å²) in [5.74, 6) is -1.98. The molecular weight excluding hydrogens is 456 g/mol. The van der Waals surface area contributed by atoms with Gasteiger partial charge in [-0.1, -0.05) is 11.6 Å². The maximum atomic E-state index is 12.3. The van der Waals surface area contributed by atoms with Gasteiger partial charge in [0.2, 0.25) is 0 Å². The third-order valence-electron chi connectivity index (χ3n) is 4.96. The molecule has 6 atom stereocenters. The molecule has 0 unspecified atom stereocenters. The number of hydrogen-bond donors (Lipinski definition) is 0. The van der Waals surface area contributed by atoms with Crippen molar-refractivity contribution in [1.82, 2.24) is 0 Å². The Morgan fingerprint density at radius 1 is 0.870 bits per heavy atom. The van der Waals surface area contributed by atoms with Crippen LogP contribution in [0.4, 0.5) is 0 Å². The Kier molecular flexibility index (Phi) is 3.63. The number of esters is 2. The zero-order valence-corrected chi connectivity index (χ0v) is 16.6. The minimum atomic E-state index is -2.14. The first-order chi connectivity index (χ1) is 10.3. The summed E-state index contributed by atoms with van der Waals surface area (Å²) < 4.78 is 9.37. The van der Waals surface area contributed by atoms with Gasteiger partial charge in [0.05, 0.1) is 14.2 Å². The first-order valence-corrected chi connectivity index (χ1v) is 8.68. The molecule has 4 aliphatic rings. The molecule has 2 saturated carbocycles. The normalized spacial score (nSPS) is 56.0. The molecule has 0 amide bonds. The maximum absolute atomic E-state index is 12.3. The van der Waals surface area contributed by atoms with Crippen LogP contribution in [0.3, 0.4) is 0 Å². The lowest BCUT2D eigenvalue weighted by molar-refractivity contribution is -0.175. The van der Waals surface area contributed by atoms with Crippen molar-refractivity contribution in [3.05, 3.63) is 11.1 Å². The number of carbonyl (C=O) groups is 2. The van der Waals surface area contributed by atoms with Gasteiger partial charge >= 0.3 is 11.9 Å². The highest BCUT2D eigenvalue weighted by atomic mass is 35.5. The van der Waals surface area contributed by atoms with Gasteiger partial charge in [-0.3, -0.25) is 9.59 Å². The number of rotatable bonds is 2. The zero-order valence-electron chi connectivity index (χ0n) is 11.4. The van der Waals surface area contributed by atoms with E-state index >= 15 is 0 Å². The fourth-order valence-electron chi connectivity index (χ4n) is 3.94. The first kappa shape index (κ1) is 18.5. The molecule has 0 N–H and O–H groups in total. The molecule has 11 heteroatoms. The van der Waals surface area contributed by atoms with E-state index in [2.05, 4.69) is 9.47 Å². The van der Waals surface area contributed by atoms with Crippen LogP contribution in [0, 0.1) is 0 Å². The zero-order chi connectivity index (χ0) is 17.9. The fraction of sp³-hybridized carbons (Fsp3) is 0.667. The van der Waals surface area contributed by atoms with Crippen molar-refractivity contribution in [3.8, 4) is 0 Å². The van der Waals surface area contributed by atoms with Gasteiger partial charge < -0.3 is 9.47 Å². The quantitative estimate of drug-likeness (QED) is 0.466. The van der Waals surface area contributed by atoms with E-state index in [0.717, 1.165) is 14.2 Å². The Bertz CT molecular complexity index is 699. The van der Waals surface area contributed by atoms with Gasteiger partial charge in [-0.2, -0.15) is 0 Å². The van der Waals surface area contributed by atoms with Crippen LogP contribution >= 0.6 is 81.2 Å². The molecule has 4 rings (SSSR count). The third-order valence-corrected chi connectivity index (χ3v) is 10.7. The van der Waals surface area contributed by atoms with Crippen molar-refractivity contribution >= 4 is 93.1 Å². The molecule has 0 spiro atoms. The molecule has 4 nitrogen and oxygen atoms in total. The lowest BCUT2D eigenvalue weighted by Gasteiger charge is -2.87. The highest BCUT2D eigenvalue weighted by molar-refractivity contribution is 6.71. The van der Waals surface area contributed by atoms with E-state index in [9.17, 15) is 9.59 Å². The molecular formula is C12H7Cl7O4. The van der Waals surface area contributed by atoms with Gasteiger partial charge in [0, 0.05) is 5.03 Å². The minimum Gasteiger partial charge on any atom is -0.468 e. The van der Waals surface area contributed by atoms with Crippen molar-refractivity contribution in [3.63, 3.8) is 0 Å². The maximum Gasteiger partial charge on any atom is 0.331 e. The average molecular weight is 463 g/mol. The van der Waals surface area contributed by atoms with Gasteiger partial charge in [-0.05, 0) is 6.08 Å². The summed E-state index contributed by atoms with van der Waals surface area (Å²) in [7, 11) is 2.17. The van der Waals surface area contributed by atoms with E-state index in [0.29, 0.717) is 0 Å². The molecule has 0 aliphatic heterocycles. The van der Waals surface area contributed by atoms with Crippen molar-refractivity contribution in [2.45, 2.75) is 29.2 Å². The van der Waals surface area contributed by atoms with Gasteiger partial charge in [-0.25, -0.2) is 0 Å². The number of halogens is 7. The van der Waals surface area contributed by atoms with Gasteiger partial charge in [-0.15, -0.1) is 69.6 Å². The van der Waals surface area contributed by atoms with Crippen LogP contribution in [0.2, 0.25) is 0 Å². The number of methoxy groups -OCH3 is 2. The van der Waals surface area contributed by atoms with Crippen molar-refractivity contribution < 1.29 is 19.1 Å². The van der Waals surface area contributed by atoms with Gasteiger partial charge in [0.25, 0.3) is 0 Å². The largest absolute Gasteiger partial charge is 0.468 e. The molecule has 0 saturated heterocycles. The van der Waals surface area contributed by atoms with Gasteiger partial charge in [0.15, 0.2) is 9.75 Å². The summed E-state index contributed by atoms with van der Waals surface area (Å²) in [4.78, 5) is 12.5. The first-order valence-electron chi connectivity index (χ1n) is 6.03. The molecule has 4 bridgehead atoms. The van der Waals surface area contributed by atoms with Crippen molar-refractivity contribution in [1.29, 1.82) is 0 Å². The lowest BCUT2D eigenvalue weighted by Crippen LogP contribution is -3.11. The second-order valence-corrected chi connectivity index (χ2v) is 9.32. The van der Waals surface area contributed by atoms with E-state index < -0.39 is 41.2 Å². The van der Waals surface area contributed by atoms with Crippen molar-refractivity contribution in [2.24, 2.45) is 0 Å². The summed E-state index contributed by atoms with van der Waals surface area (Å²) in [5, 5.41) is -0.160. The average Bonchev–Trinajstić information content (AvgIpc) is 2.53. The summed E-state index contributed by atoms with van der Waals surface area (Å²) >= 11 is 45.2. The van der Waals surface area contributed by atoms with Crippen LogP contribution in [-0.4, -0.2) is 55.4 Å². The van der Waals surface area contributed by atoms with E-state index in [4.69, 9.17) is 81.2 Å². The van der Waals surface area contributed by atoms with Crippen LogP contribution in [-0.2, 0) is 19.1 Å². The minimum absolute atomic E-state index is 0.160. The summed E-state index contributed by atoms with van der Waals surface area (Å²) in [6.45, 7) is 0. The number of alkyl halides is 6. The predicted octanol–water partition coefficient (Wildman–Crippen LogP) is 3.36. The number of allylic oxidation sites excluding steroid dienone is 2. The standard InChI is InChI=1S/C12H7Cl7O4/c1-22-5(20)9(16)7(14)3-4(13)8(15)10(17,6(21)23-2)11(7,18)12(8,9)19/h3H,1-2H3/t7-,8+,9+,10-,11+,12+/m0/s1. The Morgan fingerprint density at radius 3 is 1.74 bits per heavy atom. The molecule has 2 fully saturated rings. The van der Waals surface area contributed by atoms with Crippen molar-refractivity contribution in [2.75, 3.05) is 14.2 Å². The predicted molar refractivity (Wildman–Crippen MR) is 89.5 cm³/mol. The fourth-order valence-corrected chi connectivity index (χ4v) is 8.82. The molecule has 0 aromatic rings. The molecule has 0 aromatic heterocycles. The van der Waals surface area contributed by atoms with E-state index in [1.54, 1.807) is 0 Å². The molecule has 23 heavy (non-hydrogen) atoms. The summed E-state index contributed by atoms with van der Waals surface area (Å²) in [5.41, 5.74) is 0. The Morgan fingerprint density at radius 2 is 1.30 bits per heavy atom. The SMILES string of the molecule is COC(=O)[C@@]1(Cl)[C@@]2(Cl)C=C(Cl)[C@@]3(Cl)[C@@](Cl)(C(=O)OC)[C@@]2(Cl)[C@]13Cl. The van der Waals surface area contributed by atoms with E-state index in [1.807, 2.05) is 0 Å². The Balaban J connectivity index is 2.37. The van der Waals surface area contributed by atoms with Crippen LogP contribution in [0.5, 0.6) is 0 Å². The monoisotopic (exact) mass is 460 g/mol. The molecule has 128 valence electrons. The summed E-state index contributed by atoms with van der Waals surface area (Å²) in [6, 6.07) is 0. The molecule has 4 aliphatic carbocycles. The van der Waals surface area contributed by atoms with Gasteiger partial charge in [0.1, 0.15) is 19.5 Å². The summed E-state index contributed by atoms with van der Waals surface area (Å²) in [6.07, 6.45) is 1.17. The second kappa shape index (κ2) is 4.51. The van der Waals surface area contributed by atoms with Crippen LogP contribution in [0.1, 0.15) is 0 Å². The Labute approximate surface area is 166 Å². The number of ether oxygens (including phenoxy) is 2. The highest BCUT2D eigenvalue weighted by Gasteiger charge is 3.12. The number of carbonyl (C=O) groups excluding carboxylic acids is 2. The lowest BCUT2D eigenvalue weighted by atomic mass is 9.31. The van der Waals surface area contributed by atoms with Crippen LogP contribution in [0.25, 0.3) is 0 Å². The van der Waals surface area contributed by atoms with E-state index in [1.165, 1.54) is 6.08 Å². The second-order valence-electron chi connectivity index (χ2n) is 5.48.